The number of rotatable bonds is 21. The Hall–Kier alpha value is -0.240. The van der Waals surface area contributed by atoms with E-state index in [9.17, 15) is 0 Å². The first-order chi connectivity index (χ1) is 12.6. The zero-order chi connectivity index (χ0) is 19.3. The molecule has 0 aliphatic heterocycles. The SMILES string of the molecule is C.CC(C)CCCCOCCOCCOCCOCCOCCOC(C)C. The first kappa shape index (κ1) is 29.0. The van der Waals surface area contributed by atoms with Crippen LogP contribution in [0.25, 0.3) is 0 Å². The van der Waals surface area contributed by atoms with Crippen LogP contribution < -0.4 is 0 Å². The molecule has 0 aliphatic rings. The van der Waals surface area contributed by atoms with Crippen molar-refractivity contribution in [1.29, 1.82) is 0 Å². The molecule has 0 bridgehead atoms. The van der Waals surface area contributed by atoms with Gasteiger partial charge < -0.3 is 28.4 Å². The monoisotopic (exact) mass is 394 g/mol. The van der Waals surface area contributed by atoms with Crippen LogP contribution in [0.1, 0.15) is 54.4 Å². The van der Waals surface area contributed by atoms with Crippen LogP contribution in [-0.2, 0) is 28.4 Å². The van der Waals surface area contributed by atoms with Gasteiger partial charge in [0.1, 0.15) is 0 Å². The van der Waals surface area contributed by atoms with E-state index in [1.54, 1.807) is 0 Å². The van der Waals surface area contributed by atoms with Gasteiger partial charge in [0, 0.05) is 6.61 Å². The lowest BCUT2D eigenvalue weighted by atomic mass is 10.1. The highest BCUT2D eigenvalue weighted by Crippen LogP contribution is 2.05. The van der Waals surface area contributed by atoms with Crippen LogP contribution in [0.3, 0.4) is 0 Å². The van der Waals surface area contributed by atoms with E-state index in [1.165, 1.54) is 12.8 Å². The van der Waals surface area contributed by atoms with Crippen LogP contribution >= 0.6 is 0 Å². The second-order valence-electron chi connectivity index (χ2n) is 6.87. The molecule has 0 aromatic heterocycles. The Morgan fingerprint density at radius 3 is 1.22 bits per heavy atom. The number of hydrogen-bond donors (Lipinski definition) is 0. The zero-order valence-electron chi connectivity index (χ0n) is 17.5. The van der Waals surface area contributed by atoms with Gasteiger partial charge in [-0.2, -0.15) is 0 Å². The maximum absolute atomic E-state index is 5.53. The van der Waals surface area contributed by atoms with Crippen molar-refractivity contribution >= 4 is 0 Å². The van der Waals surface area contributed by atoms with Gasteiger partial charge in [0.15, 0.2) is 0 Å². The summed E-state index contributed by atoms with van der Waals surface area (Å²) in [5, 5.41) is 0. The van der Waals surface area contributed by atoms with E-state index in [0.29, 0.717) is 66.1 Å². The largest absolute Gasteiger partial charge is 0.379 e. The topological polar surface area (TPSA) is 55.4 Å². The molecule has 27 heavy (non-hydrogen) atoms. The highest BCUT2D eigenvalue weighted by molar-refractivity contribution is 4.46. The average Bonchev–Trinajstić information content (AvgIpc) is 2.59. The Labute approximate surface area is 168 Å². The Morgan fingerprint density at radius 2 is 0.852 bits per heavy atom. The molecule has 166 valence electrons. The fourth-order valence-corrected chi connectivity index (χ4v) is 2.08. The molecule has 0 saturated heterocycles. The maximum atomic E-state index is 5.53. The molecule has 0 radical (unpaired) electrons. The summed E-state index contributed by atoms with van der Waals surface area (Å²) in [7, 11) is 0. The molecule has 0 saturated carbocycles. The normalized spacial score (nSPS) is 11.3. The molecule has 0 rings (SSSR count). The van der Waals surface area contributed by atoms with Crippen LogP contribution in [0.2, 0.25) is 0 Å². The summed E-state index contributed by atoms with van der Waals surface area (Å²) in [6.07, 6.45) is 3.91. The zero-order valence-corrected chi connectivity index (χ0v) is 17.5. The molecule has 0 N–H and O–H groups in total. The fourth-order valence-electron chi connectivity index (χ4n) is 2.08. The second-order valence-corrected chi connectivity index (χ2v) is 6.87. The molecule has 0 spiro atoms. The van der Waals surface area contributed by atoms with Crippen molar-refractivity contribution in [2.75, 3.05) is 72.7 Å². The van der Waals surface area contributed by atoms with Crippen LogP contribution in [0.4, 0.5) is 0 Å². The van der Waals surface area contributed by atoms with E-state index < -0.39 is 0 Å². The molecule has 0 atom stereocenters. The lowest BCUT2D eigenvalue weighted by molar-refractivity contribution is -0.0213. The van der Waals surface area contributed by atoms with Crippen molar-refractivity contribution in [2.24, 2.45) is 5.92 Å². The van der Waals surface area contributed by atoms with Crippen LogP contribution in [0.15, 0.2) is 0 Å². The molecule has 0 amide bonds. The molecule has 0 fully saturated rings. The van der Waals surface area contributed by atoms with Gasteiger partial charge in [-0.25, -0.2) is 0 Å². The van der Waals surface area contributed by atoms with Crippen molar-refractivity contribution in [3.05, 3.63) is 0 Å². The van der Waals surface area contributed by atoms with E-state index in [-0.39, 0.29) is 13.5 Å². The van der Waals surface area contributed by atoms with Gasteiger partial charge in [-0.15, -0.1) is 0 Å². The van der Waals surface area contributed by atoms with Crippen LogP contribution in [-0.4, -0.2) is 78.8 Å². The van der Waals surface area contributed by atoms with Crippen molar-refractivity contribution in [3.8, 4) is 0 Å². The number of hydrogen-bond acceptors (Lipinski definition) is 6. The minimum atomic E-state index is 0. The van der Waals surface area contributed by atoms with Crippen molar-refractivity contribution in [1.82, 2.24) is 0 Å². The second kappa shape index (κ2) is 23.8. The van der Waals surface area contributed by atoms with Gasteiger partial charge in [-0.05, 0) is 26.2 Å². The third kappa shape index (κ3) is 28.1. The van der Waals surface area contributed by atoms with E-state index in [2.05, 4.69) is 13.8 Å². The molecular formula is C21H46O6. The maximum Gasteiger partial charge on any atom is 0.0703 e. The average molecular weight is 395 g/mol. The summed E-state index contributed by atoms with van der Waals surface area (Å²) in [4.78, 5) is 0. The summed E-state index contributed by atoms with van der Waals surface area (Å²) in [5.41, 5.74) is 0. The lowest BCUT2D eigenvalue weighted by Crippen LogP contribution is -2.14. The third-order valence-corrected chi connectivity index (χ3v) is 3.49. The van der Waals surface area contributed by atoms with E-state index in [1.807, 2.05) is 13.8 Å². The Balaban J connectivity index is 0. The molecule has 0 aromatic rings. The van der Waals surface area contributed by atoms with Crippen molar-refractivity contribution < 1.29 is 28.4 Å². The van der Waals surface area contributed by atoms with Crippen LogP contribution in [0, 0.1) is 5.92 Å². The molecule has 0 aromatic carbocycles. The third-order valence-electron chi connectivity index (χ3n) is 3.49. The highest BCUT2D eigenvalue weighted by atomic mass is 16.6. The Morgan fingerprint density at radius 1 is 0.481 bits per heavy atom. The van der Waals surface area contributed by atoms with Gasteiger partial charge >= 0.3 is 0 Å². The minimum Gasteiger partial charge on any atom is -0.379 e. The standard InChI is InChI=1S/C20H42O6.CH4/c1-19(2)7-5-6-8-21-9-10-22-11-12-23-13-14-24-15-16-25-17-18-26-20(3)4;/h19-20H,5-18H2,1-4H3;1H4. The summed E-state index contributed by atoms with van der Waals surface area (Å²) in [6, 6.07) is 0. The van der Waals surface area contributed by atoms with Gasteiger partial charge in [0.05, 0.1) is 72.2 Å². The highest BCUT2D eigenvalue weighted by Gasteiger charge is 1.96. The van der Waals surface area contributed by atoms with Crippen molar-refractivity contribution in [3.63, 3.8) is 0 Å². The van der Waals surface area contributed by atoms with E-state index >= 15 is 0 Å². The fraction of sp³-hybridized carbons (Fsp3) is 1.00. The summed E-state index contributed by atoms with van der Waals surface area (Å²) in [6.45, 7) is 15.4. The van der Waals surface area contributed by atoms with Gasteiger partial charge in [-0.1, -0.05) is 34.1 Å². The van der Waals surface area contributed by atoms with Crippen molar-refractivity contribution in [2.45, 2.75) is 60.5 Å². The van der Waals surface area contributed by atoms with Crippen LogP contribution in [0.5, 0.6) is 0 Å². The lowest BCUT2D eigenvalue weighted by Gasteiger charge is -2.09. The first-order valence-electron chi connectivity index (χ1n) is 10.1. The number of ether oxygens (including phenoxy) is 6. The predicted molar refractivity (Wildman–Crippen MR) is 111 cm³/mol. The molecule has 0 aliphatic carbocycles. The van der Waals surface area contributed by atoms with E-state index in [4.69, 9.17) is 28.4 Å². The molecule has 6 nitrogen and oxygen atoms in total. The van der Waals surface area contributed by atoms with Gasteiger partial charge in [0.25, 0.3) is 0 Å². The Bertz CT molecular complexity index is 235. The van der Waals surface area contributed by atoms with Gasteiger partial charge in [0.2, 0.25) is 0 Å². The number of unbranched alkanes of at least 4 members (excludes halogenated alkanes) is 1. The van der Waals surface area contributed by atoms with E-state index in [0.717, 1.165) is 18.9 Å². The summed E-state index contributed by atoms with van der Waals surface area (Å²) in [5.74, 6) is 0.784. The smallest absolute Gasteiger partial charge is 0.0703 e. The van der Waals surface area contributed by atoms with Gasteiger partial charge in [-0.3, -0.25) is 0 Å². The molecule has 0 unspecified atom stereocenters. The summed E-state index contributed by atoms with van der Waals surface area (Å²) < 4.78 is 32.6. The summed E-state index contributed by atoms with van der Waals surface area (Å²) >= 11 is 0. The molecule has 0 heterocycles. The minimum absolute atomic E-state index is 0. The first-order valence-corrected chi connectivity index (χ1v) is 10.1. The quantitative estimate of drug-likeness (QED) is 0.275. The molecule has 6 heteroatoms. The molecular weight excluding hydrogens is 348 g/mol. The predicted octanol–water partition coefficient (Wildman–Crippen LogP) is 3.96. The Kier molecular flexibility index (Phi) is 25.5.